The van der Waals surface area contributed by atoms with Crippen LogP contribution in [0, 0.1) is 13.8 Å². The quantitative estimate of drug-likeness (QED) is 0.494. The first-order valence-electron chi connectivity index (χ1n) is 10.3. The summed E-state index contributed by atoms with van der Waals surface area (Å²) >= 11 is 0. The topological polar surface area (TPSA) is 118 Å². The predicted octanol–water partition coefficient (Wildman–Crippen LogP) is 2.43. The molecule has 11 nitrogen and oxygen atoms in total. The van der Waals surface area contributed by atoms with Gasteiger partial charge in [-0.05, 0) is 43.7 Å². The molecule has 0 bridgehead atoms. The maximum atomic E-state index is 12.8. The van der Waals surface area contributed by atoms with Crippen molar-refractivity contribution in [2.75, 3.05) is 26.6 Å². The molecule has 0 saturated heterocycles. The van der Waals surface area contributed by atoms with E-state index < -0.39 is 0 Å². The van der Waals surface area contributed by atoms with Crippen LogP contribution >= 0.6 is 0 Å². The molecule has 0 fully saturated rings. The molecule has 0 aliphatic carbocycles. The van der Waals surface area contributed by atoms with Gasteiger partial charge in [-0.1, -0.05) is 0 Å². The second-order valence-corrected chi connectivity index (χ2v) is 7.73. The number of nitrogens with one attached hydrogen (secondary N) is 1. The van der Waals surface area contributed by atoms with Gasteiger partial charge in [-0.2, -0.15) is 14.3 Å². The molecule has 4 aromatic rings. The molecular weight excluding hydrogens is 426 g/mol. The summed E-state index contributed by atoms with van der Waals surface area (Å²) in [5, 5.41) is 20.4. The number of carbonyl (C=O) groups excluding carboxylic acids is 1. The lowest BCUT2D eigenvalue weighted by Crippen LogP contribution is -2.25. The van der Waals surface area contributed by atoms with Crippen LogP contribution in [0.2, 0.25) is 0 Å². The van der Waals surface area contributed by atoms with Crippen molar-refractivity contribution in [3.05, 3.63) is 46.9 Å². The third-order valence-corrected chi connectivity index (χ3v) is 5.81. The molecule has 170 valence electrons. The Balaban J connectivity index is 1.67. The number of anilines is 1. The summed E-state index contributed by atoms with van der Waals surface area (Å²) in [4.78, 5) is 12.8. The van der Waals surface area contributed by atoms with Crippen molar-refractivity contribution >= 4 is 17.4 Å². The van der Waals surface area contributed by atoms with Gasteiger partial charge in [0.15, 0.2) is 28.8 Å². The minimum Gasteiger partial charge on any atom is -0.493 e. The Morgan fingerprint density at radius 2 is 1.73 bits per heavy atom. The number of fused-ring (bicyclic) bond motifs is 2. The fraction of sp³-hybridized carbons (Fsp3) is 0.318. The molecule has 1 aromatic carbocycles. The molecule has 5 rings (SSSR count). The van der Waals surface area contributed by atoms with E-state index in [2.05, 4.69) is 20.6 Å². The molecule has 3 aromatic heterocycles. The lowest BCUT2D eigenvalue weighted by atomic mass is 9.85. The van der Waals surface area contributed by atoms with Crippen molar-refractivity contribution in [3.8, 4) is 23.1 Å². The number of methoxy groups -OCH3 is 3. The second kappa shape index (κ2) is 7.76. The van der Waals surface area contributed by atoms with Gasteiger partial charge in [0.25, 0.3) is 0 Å². The van der Waals surface area contributed by atoms with Crippen LogP contribution in [0.5, 0.6) is 17.2 Å². The third kappa shape index (κ3) is 3.23. The van der Waals surface area contributed by atoms with Gasteiger partial charge in [0.05, 0.1) is 27.0 Å². The summed E-state index contributed by atoms with van der Waals surface area (Å²) in [6.45, 7) is 3.74. The summed E-state index contributed by atoms with van der Waals surface area (Å²) in [6.07, 6.45) is 0.259. The Hall–Kier alpha value is -4.15. The van der Waals surface area contributed by atoms with Crippen LogP contribution in [0.15, 0.2) is 24.3 Å². The lowest BCUT2D eigenvalue weighted by Gasteiger charge is -2.25. The van der Waals surface area contributed by atoms with Crippen LogP contribution < -0.4 is 19.5 Å². The second-order valence-electron chi connectivity index (χ2n) is 7.73. The van der Waals surface area contributed by atoms with Gasteiger partial charge in [0.2, 0.25) is 11.7 Å². The molecule has 4 heterocycles. The molecule has 1 aliphatic rings. The highest BCUT2D eigenvalue weighted by atomic mass is 16.5. The van der Waals surface area contributed by atoms with Crippen molar-refractivity contribution in [3.63, 3.8) is 0 Å². The summed E-state index contributed by atoms with van der Waals surface area (Å²) in [7, 11) is 4.69. The Labute approximate surface area is 189 Å². The van der Waals surface area contributed by atoms with Gasteiger partial charge < -0.3 is 19.5 Å². The first-order valence-corrected chi connectivity index (χ1v) is 10.3. The van der Waals surface area contributed by atoms with E-state index in [1.54, 1.807) is 36.6 Å². The molecular formula is C22H23N7O4. The maximum absolute atomic E-state index is 12.8. The van der Waals surface area contributed by atoms with Crippen molar-refractivity contribution in [2.45, 2.75) is 26.2 Å². The SMILES string of the molecule is COc1cc(C2CC(=O)Nc3c2c(C)nn3-c2ccc3nnc(C)n3n2)cc(OC)c1OC. The number of hydrogen-bond donors (Lipinski definition) is 1. The summed E-state index contributed by atoms with van der Waals surface area (Å²) in [6, 6.07) is 7.35. The zero-order chi connectivity index (χ0) is 23.3. The van der Waals surface area contributed by atoms with Crippen LogP contribution in [-0.4, -0.2) is 56.8 Å². The first kappa shape index (κ1) is 20.7. The number of hydrogen-bond acceptors (Lipinski definition) is 8. The normalized spacial score (nSPS) is 15.3. The van der Waals surface area contributed by atoms with E-state index in [-0.39, 0.29) is 18.2 Å². The molecule has 1 aliphatic heterocycles. The largest absolute Gasteiger partial charge is 0.493 e. The van der Waals surface area contributed by atoms with Gasteiger partial charge in [-0.15, -0.1) is 15.3 Å². The predicted molar refractivity (Wildman–Crippen MR) is 119 cm³/mol. The average molecular weight is 449 g/mol. The van der Waals surface area contributed by atoms with E-state index in [0.29, 0.717) is 40.4 Å². The molecule has 1 N–H and O–H groups in total. The van der Waals surface area contributed by atoms with Gasteiger partial charge in [0.1, 0.15) is 5.82 Å². The van der Waals surface area contributed by atoms with E-state index in [1.807, 2.05) is 32.0 Å². The summed E-state index contributed by atoms with van der Waals surface area (Å²) in [5.74, 6) is 2.96. The van der Waals surface area contributed by atoms with Crippen LogP contribution in [0.1, 0.15) is 35.0 Å². The van der Waals surface area contributed by atoms with Crippen molar-refractivity contribution in [2.24, 2.45) is 0 Å². The molecule has 0 saturated carbocycles. The van der Waals surface area contributed by atoms with Crippen LogP contribution in [0.4, 0.5) is 5.82 Å². The van der Waals surface area contributed by atoms with Crippen LogP contribution in [0.3, 0.4) is 0 Å². The number of aromatic nitrogens is 6. The van der Waals surface area contributed by atoms with E-state index in [1.165, 1.54) is 0 Å². The van der Waals surface area contributed by atoms with Crippen LogP contribution in [0.25, 0.3) is 11.5 Å². The zero-order valence-corrected chi connectivity index (χ0v) is 18.9. The van der Waals surface area contributed by atoms with Gasteiger partial charge >= 0.3 is 0 Å². The Morgan fingerprint density at radius 3 is 2.39 bits per heavy atom. The number of aryl methyl sites for hydroxylation is 2. The highest BCUT2D eigenvalue weighted by Gasteiger charge is 2.34. The molecule has 1 amide bonds. The lowest BCUT2D eigenvalue weighted by molar-refractivity contribution is -0.116. The molecule has 0 radical (unpaired) electrons. The van der Waals surface area contributed by atoms with Crippen molar-refractivity contribution in [1.29, 1.82) is 0 Å². The highest BCUT2D eigenvalue weighted by molar-refractivity contribution is 5.95. The third-order valence-electron chi connectivity index (χ3n) is 5.81. The summed E-state index contributed by atoms with van der Waals surface area (Å²) in [5.41, 5.74) is 3.19. The van der Waals surface area contributed by atoms with Crippen molar-refractivity contribution < 1.29 is 19.0 Å². The highest BCUT2D eigenvalue weighted by Crippen LogP contribution is 2.45. The zero-order valence-electron chi connectivity index (χ0n) is 18.9. The molecule has 1 unspecified atom stereocenters. The molecule has 11 heteroatoms. The van der Waals surface area contributed by atoms with Crippen molar-refractivity contribution in [1.82, 2.24) is 29.6 Å². The summed E-state index contributed by atoms with van der Waals surface area (Å²) < 4.78 is 19.8. The molecule has 1 atom stereocenters. The van der Waals surface area contributed by atoms with Gasteiger partial charge in [-0.25, -0.2) is 0 Å². The Bertz CT molecular complexity index is 1370. The van der Waals surface area contributed by atoms with Gasteiger partial charge in [0, 0.05) is 17.9 Å². The average Bonchev–Trinajstić information content (AvgIpc) is 3.36. The number of nitrogens with zero attached hydrogens (tertiary/aromatic N) is 6. The van der Waals surface area contributed by atoms with Gasteiger partial charge in [-0.3, -0.25) is 4.79 Å². The smallest absolute Gasteiger partial charge is 0.226 e. The fourth-order valence-corrected chi connectivity index (χ4v) is 4.30. The minimum atomic E-state index is -0.253. The number of amides is 1. The first-order chi connectivity index (χ1) is 15.9. The minimum absolute atomic E-state index is 0.121. The monoisotopic (exact) mass is 449 g/mol. The number of benzene rings is 1. The number of ether oxygens (including phenoxy) is 3. The Morgan fingerprint density at radius 1 is 1.00 bits per heavy atom. The standard InChI is InChI=1S/C22H23N7O4/c1-11-20-14(13-8-15(31-3)21(33-5)16(9-13)32-4)10-19(30)23-22(20)29(26-11)18-7-6-17-25-24-12(2)28(17)27-18/h6-9,14H,10H2,1-5H3,(H,23,30). The van der Waals surface area contributed by atoms with E-state index in [4.69, 9.17) is 19.3 Å². The van der Waals surface area contributed by atoms with E-state index in [0.717, 1.165) is 16.8 Å². The Kier molecular flexibility index (Phi) is 4.88. The van der Waals surface area contributed by atoms with E-state index >= 15 is 0 Å². The number of rotatable bonds is 5. The fourth-order valence-electron chi connectivity index (χ4n) is 4.30. The van der Waals surface area contributed by atoms with E-state index in [9.17, 15) is 4.79 Å². The van der Waals surface area contributed by atoms with Crippen LogP contribution in [-0.2, 0) is 4.79 Å². The molecule has 33 heavy (non-hydrogen) atoms. The maximum Gasteiger partial charge on any atom is 0.226 e. The number of carbonyl (C=O) groups is 1. The molecule has 0 spiro atoms.